The second-order valence-corrected chi connectivity index (χ2v) is 4.05. The van der Waals surface area contributed by atoms with E-state index in [0.717, 1.165) is 11.1 Å². The third kappa shape index (κ3) is 2.75. The van der Waals surface area contributed by atoms with Gasteiger partial charge in [-0.05, 0) is 36.6 Å². The summed E-state index contributed by atoms with van der Waals surface area (Å²) in [4.78, 5) is 11.8. The molecule has 0 aliphatic heterocycles. The van der Waals surface area contributed by atoms with Crippen molar-refractivity contribution < 1.29 is 19.0 Å². The SMILES string of the molecule is CCC(C(=O)OC)c1cc(OC)c(OC)cc1C. The summed E-state index contributed by atoms with van der Waals surface area (Å²) >= 11 is 0. The predicted octanol–water partition coefficient (Wildman–Crippen LogP) is 2.68. The largest absolute Gasteiger partial charge is 0.493 e. The number of esters is 1. The molecule has 0 amide bonds. The zero-order valence-electron chi connectivity index (χ0n) is 11.6. The average Bonchev–Trinajstić information content (AvgIpc) is 2.40. The molecule has 0 radical (unpaired) electrons. The van der Waals surface area contributed by atoms with Crippen molar-refractivity contribution in [2.45, 2.75) is 26.2 Å². The van der Waals surface area contributed by atoms with Crippen LogP contribution >= 0.6 is 0 Å². The normalized spacial score (nSPS) is 11.8. The molecule has 0 fully saturated rings. The lowest BCUT2D eigenvalue weighted by Crippen LogP contribution is -2.14. The molecule has 0 aliphatic rings. The fourth-order valence-corrected chi connectivity index (χ4v) is 2.03. The highest BCUT2D eigenvalue weighted by Crippen LogP contribution is 2.35. The fourth-order valence-electron chi connectivity index (χ4n) is 2.03. The van der Waals surface area contributed by atoms with Crippen LogP contribution < -0.4 is 9.47 Å². The zero-order valence-corrected chi connectivity index (χ0v) is 11.6. The summed E-state index contributed by atoms with van der Waals surface area (Å²) in [7, 11) is 4.58. The average molecular weight is 252 g/mol. The van der Waals surface area contributed by atoms with Crippen molar-refractivity contribution in [1.29, 1.82) is 0 Å². The smallest absolute Gasteiger partial charge is 0.313 e. The van der Waals surface area contributed by atoms with Crippen molar-refractivity contribution in [3.05, 3.63) is 23.3 Å². The third-order valence-electron chi connectivity index (χ3n) is 3.04. The third-order valence-corrected chi connectivity index (χ3v) is 3.04. The maximum atomic E-state index is 11.8. The van der Waals surface area contributed by atoms with Gasteiger partial charge in [0.15, 0.2) is 11.5 Å². The van der Waals surface area contributed by atoms with Crippen molar-refractivity contribution in [2.24, 2.45) is 0 Å². The molecule has 0 bridgehead atoms. The highest BCUT2D eigenvalue weighted by Gasteiger charge is 2.23. The second kappa shape index (κ2) is 6.28. The highest BCUT2D eigenvalue weighted by atomic mass is 16.5. The fraction of sp³-hybridized carbons (Fsp3) is 0.500. The predicted molar refractivity (Wildman–Crippen MR) is 69.3 cm³/mol. The molecule has 0 saturated heterocycles. The van der Waals surface area contributed by atoms with Crippen LogP contribution in [0.3, 0.4) is 0 Å². The Morgan fingerprint density at radius 3 is 2.17 bits per heavy atom. The standard InChI is InChI=1S/C14H20O4/c1-6-10(14(15)18-5)11-8-13(17-4)12(16-3)7-9(11)2/h7-8,10H,6H2,1-5H3. The Morgan fingerprint density at radius 1 is 1.17 bits per heavy atom. The van der Waals surface area contributed by atoms with Crippen LogP contribution in [0.2, 0.25) is 0 Å². The molecule has 0 heterocycles. The maximum absolute atomic E-state index is 11.8. The van der Waals surface area contributed by atoms with Gasteiger partial charge in [-0.15, -0.1) is 0 Å². The molecule has 4 nitrogen and oxygen atoms in total. The molecule has 1 aromatic carbocycles. The van der Waals surface area contributed by atoms with Gasteiger partial charge in [-0.2, -0.15) is 0 Å². The van der Waals surface area contributed by atoms with E-state index in [4.69, 9.17) is 14.2 Å². The molecule has 18 heavy (non-hydrogen) atoms. The quantitative estimate of drug-likeness (QED) is 0.756. The molecule has 1 aromatic rings. The Balaban J connectivity index is 3.26. The van der Waals surface area contributed by atoms with Gasteiger partial charge in [-0.25, -0.2) is 0 Å². The van der Waals surface area contributed by atoms with E-state index < -0.39 is 0 Å². The van der Waals surface area contributed by atoms with Gasteiger partial charge in [0.1, 0.15) is 0 Å². The summed E-state index contributed by atoms with van der Waals surface area (Å²) in [6.45, 7) is 3.90. The van der Waals surface area contributed by atoms with E-state index in [1.807, 2.05) is 26.0 Å². The van der Waals surface area contributed by atoms with Crippen molar-refractivity contribution in [3.63, 3.8) is 0 Å². The Kier molecular flexibility index (Phi) is 5.01. The first-order chi connectivity index (χ1) is 8.58. The molecule has 0 aromatic heterocycles. The van der Waals surface area contributed by atoms with E-state index in [2.05, 4.69) is 0 Å². The lowest BCUT2D eigenvalue weighted by molar-refractivity contribution is -0.142. The van der Waals surface area contributed by atoms with Crippen molar-refractivity contribution in [3.8, 4) is 11.5 Å². The van der Waals surface area contributed by atoms with Gasteiger partial charge in [0, 0.05) is 0 Å². The van der Waals surface area contributed by atoms with Gasteiger partial charge in [-0.3, -0.25) is 4.79 Å². The molecular weight excluding hydrogens is 232 g/mol. The minimum absolute atomic E-state index is 0.229. The molecule has 4 heteroatoms. The summed E-state index contributed by atoms with van der Waals surface area (Å²) in [5.74, 6) is 0.793. The van der Waals surface area contributed by atoms with Crippen LogP contribution in [0.4, 0.5) is 0 Å². The maximum Gasteiger partial charge on any atom is 0.313 e. The molecule has 0 saturated carbocycles. The second-order valence-electron chi connectivity index (χ2n) is 4.05. The summed E-state index contributed by atoms with van der Waals surface area (Å²) < 4.78 is 15.3. The van der Waals surface area contributed by atoms with E-state index in [1.54, 1.807) is 14.2 Å². The van der Waals surface area contributed by atoms with E-state index in [0.29, 0.717) is 17.9 Å². The first kappa shape index (κ1) is 14.4. The van der Waals surface area contributed by atoms with E-state index in [1.165, 1.54) is 7.11 Å². The van der Waals surface area contributed by atoms with Crippen LogP contribution in [0.1, 0.15) is 30.4 Å². The minimum atomic E-state index is -0.269. The number of carbonyl (C=O) groups is 1. The summed E-state index contributed by atoms with van der Waals surface area (Å²) in [5.41, 5.74) is 1.91. The van der Waals surface area contributed by atoms with Crippen molar-refractivity contribution in [1.82, 2.24) is 0 Å². The summed E-state index contributed by atoms with van der Waals surface area (Å²) in [6, 6.07) is 3.72. The number of benzene rings is 1. The molecule has 100 valence electrons. The number of hydrogen-bond donors (Lipinski definition) is 0. The van der Waals surface area contributed by atoms with Crippen LogP contribution in [0.15, 0.2) is 12.1 Å². The zero-order chi connectivity index (χ0) is 13.7. The molecule has 0 aliphatic carbocycles. The van der Waals surface area contributed by atoms with Crippen LogP contribution in [-0.2, 0) is 9.53 Å². The Hall–Kier alpha value is -1.71. The summed E-state index contributed by atoms with van der Waals surface area (Å²) in [5, 5.41) is 0. The number of ether oxygens (including phenoxy) is 3. The first-order valence-corrected chi connectivity index (χ1v) is 5.89. The highest BCUT2D eigenvalue weighted by molar-refractivity contribution is 5.79. The molecule has 1 rings (SSSR count). The van der Waals surface area contributed by atoms with Crippen LogP contribution in [-0.4, -0.2) is 27.3 Å². The van der Waals surface area contributed by atoms with Gasteiger partial charge in [0.05, 0.1) is 27.2 Å². The van der Waals surface area contributed by atoms with E-state index in [-0.39, 0.29) is 11.9 Å². The van der Waals surface area contributed by atoms with Gasteiger partial charge < -0.3 is 14.2 Å². The number of carbonyl (C=O) groups excluding carboxylic acids is 1. The first-order valence-electron chi connectivity index (χ1n) is 5.89. The minimum Gasteiger partial charge on any atom is -0.493 e. The monoisotopic (exact) mass is 252 g/mol. The number of methoxy groups -OCH3 is 3. The lowest BCUT2D eigenvalue weighted by atomic mass is 9.92. The van der Waals surface area contributed by atoms with Crippen molar-refractivity contribution >= 4 is 5.97 Å². The lowest BCUT2D eigenvalue weighted by Gasteiger charge is -2.18. The molecule has 1 atom stereocenters. The topological polar surface area (TPSA) is 44.8 Å². The molecule has 0 N–H and O–H groups in total. The number of rotatable bonds is 5. The Labute approximate surface area is 108 Å². The van der Waals surface area contributed by atoms with Crippen LogP contribution in [0.25, 0.3) is 0 Å². The van der Waals surface area contributed by atoms with Gasteiger partial charge in [-0.1, -0.05) is 6.92 Å². The number of aryl methyl sites for hydroxylation is 1. The van der Waals surface area contributed by atoms with E-state index >= 15 is 0 Å². The van der Waals surface area contributed by atoms with E-state index in [9.17, 15) is 4.79 Å². The van der Waals surface area contributed by atoms with Gasteiger partial charge in [0.25, 0.3) is 0 Å². The Bertz CT molecular complexity index is 426. The molecular formula is C14H20O4. The Morgan fingerprint density at radius 2 is 1.72 bits per heavy atom. The van der Waals surface area contributed by atoms with Crippen LogP contribution in [0.5, 0.6) is 11.5 Å². The number of hydrogen-bond acceptors (Lipinski definition) is 4. The van der Waals surface area contributed by atoms with Gasteiger partial charge >= 0.3 is 5.97 Å². The van der Waals surface area contributed by atoms with Crippen LogP contribution in [0, 0.1) is 6.92 Å². The summed E-state index contributed by atoms with van der Waals surface area (Å²) in [6.07, 6.45) is 0.684. The van der Waals surface area contributed by atoms with Crippen molar-refractivity contribution in [2.75, 3.05) is 21.3 Å². The molecule has 0 spiro atoms. The van der Waals surface area contributed by atoms with Gasteiger partial charge in [0.2, 0.25) is 0 Å². The molecule has 1 unspecified atom stereocenters.